The van der Waals surface area contributed by atoms with Gasteiger partial charge in [-0.1, -0.05) is 6.58 Å². The fourth-order valence-corrected chi connectivity index (χ4v) is 0.249. The fraction of sp³-hybridized carbons (Fsp3) is 0.600. The third-order valence-corrected chi connectivity index (χ3v) is 0.764. The highest BCUT2D eigenvalue weighted by atomic mass is 16.3. The lowest BCUT2D eigenvalue weighted by Gasteiger charge is -2.08. The maximum atomic E-state index is 8.28. The van der Waals surface area contributed by atoms with Crippen LogP contribution in [0.15, 0.2) is 12.8 Å². The van der Waals surface area contributed by atoms with Gasteiger partial charge in [0.2, 0.25) is 0 Å². The molecule has 0 amide bonds. The second-order valence-electron chi connectivity index (χ2n) is 1.39. The predicted molar refractivity (Wildman–Crippen MR) is 29.9 cm³/mol. The Morgan fingerprint density at radius 2 is 2.43 bits per heavy atom. The van der Waals surface area contributed by atoms with Crippen molar-refractivity contribution < 1.29 is 5.11 Å². The van der Waals surface area contributed by atoms with Gasteiger partial charge < -0.3 is 10.0 Å². The lowest BCUT2D eigenvalue weighted by atomic mass is 10.6. The molecule has 0 fully saturated rings. The van der Waals surface area contributed by atoms with Gasteiger partial charge in [0.05, 0.1) is 6.61 Å². The van der Waals surface area contributed by atoms with Gasteiger partial charge in [0.25, 0.3) is 0 Å². The zero-order valence-electron chi connectivity index (χ0n) is 4.59. The fourth-order valence-electron chi connectivity index (χ4n) is 0.249. The molecule has 2 nitrogen and oxygen atoms in total. The van der Waals surface area contributed by atoms with Crippen molar-refractivity contribution in [3.8, 4) is 0 Å². The number of aliphatic hydroxyl groups excluding tert-OH is 1. The number of rotatable bonds is 3. The van der Waals surface area contributed by atoms with Crippen molar-refractivity contribution in [2.45, 2.75) is 0 Å². The van der Waals surface area contributed by atoms with Gasteiger partial charge in [0.15, 0.2) is 0 Å². The summed E-state index contributed by atoms with van der Waals surface area (Å²) in [5.74, 6) is 0. The molecule has 0 aliphatic rings. The predicted octanol–water partition coefficient (Wildman–Crippen LogP) is 0.0540. The van der Waals surface area contributed by atoms with Crippen LogP contribution in [0.4, 0.5) is 0 Å². The largest absolute Gasteiger partial charge is 0.395 e. The standard InChI is InChI=1S/C5H11NO/c1-3-6(2)4-5-7/h3,7H,1,4-5H2,2H3. The minimum absolute atomic E-state index is 0.197. The van der Waals surface area contributed by atoms with Crippen LogP contribution in [-0.2, 0) is 0 Å². The highest BCUT2D eigenvalue weighted by Gasteiger charge is 1.82. The summed E-state index contributed by atoms with van der Waals surface area (Å²) in [5.41, 5.74) is 0. The maximum Gasteiger partial charge on any atom is 0.0606 e. The van der Waals surface area contributed by atoms with Gasteiger partial charge in [0.1, 0.15) is 0 Å². The Balaban J connectivity index is 2.98. The molecule has 0 saturated carbocycles. The van der Waals surface area contributed by atoms with Crippen LogP contribution in [0.1, 0.15) is 0 Å². The average Bonchev–Trinajstić information content (AvgIpc) is 1.68. The van der Waals surface area contributed by atoms with Crippen molar-refractivity contribution in [1.29, 1.82) is 0 Å². The molecule has 0 aromatic heterocycles. The Hall–Kier alpha value is -0.500. The molecule has 0 atom stereocenters. The zero-order valence-corrected chi connectivity index (χ0v) is 4.59. The van der Waals surface area contributed by atoms with Gasteiger partial charge in [-0.25, -0.2) is 0 Å². The van der Waals surface area contributed by atoms with Crippen molar-refractivity contribution >= 4 is 0 Å². The summed E-state index contributed by atoms with van der Waals surface area (Å²) in [6.07, 6.45) is 1.68. The Labute approximate surface area is 44.1 Å². The minimum atomic E-state index is 0.197. The Morgan fingerprint density at radius 1 is 1.86 bits per heavy atom. The van der Waals surface area contributed by atoms with Crippen LogP contribution in [0.3, 0.4) is 0 Å². The second kappa shape index (κ2) is 3.68. The first-order chi connectivity index (χ1) is 3.31. The molecule has 2 heteroatoms. The van der Waals surface area contributed by atoms with E-state index in [4.69, 9.17) is 5.11 Å². The molecule has 0 aliphatic carbocycles. The summed E-state index contributed by atoms with van der Waals surface area (Å²) < 4.78 is 0. The molecular weight excluding hydrogens is 90.1 g/mol. The average molecular weight is 101 g/mol. The normalized spacial score (nSPS) is 8.29. The summed E-state index contributed by atoms with van der Waals surface area (Å²) in [7, 11) is 1.86. The van der Waals surface area contributed by atoms with Gasteiger partial charge in [-0.15, -0.1) is 0 Å². The molecule has 0 aliphatic heterocycles. The van der Waals surface area contributed by atoms with E-state index < -0.39 is 0 Å². The number of hydrogen-bond donors (Lipinski definition) is 1. The van der Waals surface area contributed by atoms with Gasteiger partial charge in [-0.05, 0) is 6.20 Å². The van der Waals surface area contributed by atoms with Gasteiger partial charge in [0, 0.05) is 13.6 Å². The van der Waals surface area contributed by atoms with E-state index in [-0.39, 0.29) is 6.61 Å². The van der Waals surface area contributed by atoms with Crippen molar-refractivity contribution in [3.63, 3.8) is 0 Å². The van der Waals surface area contributed by atoms with E-state index >= 15 is 0 Å². The highest BCUT2D eigenvalue weighted by molar-refractivity contribution is 4.64. The molecule has 0 unspecified atom stereocenters. The zero-order chi connectivity index (χ0) is 5.70. The van der Waals surface area contributed by atoms with E-state index in [1.54, 1.807) is 6.20 Å². The van der Waals surface area contributed by atoms with E-state index in [1.165, 1.54) is 0 Å². The van der Waals surface area contributed by atoms with E-state index in [1.807, 2.05) is 11.9 Å². The Kier molecular flexibility index (Phi) is 3.42. The van der Waals surface area contributed by atoms with Crippen LogP contribution in [0.25, 0.3) is 0 Å². The minimum Gasteiger partial charge on any atom is -0.395 e. The summed E-state index contributed by atoms with van der Waals surface area (Å²) in [5, 5.41) is 8.28. The summed E-state index contributed by atoms with van der Waals surface area (Å²) in [4.78, 5) is 1.82. The quantitative estimate of drug-likeness (QED) is 0.543. The van der Waals surface area contributed by atoms with E-state index in [0.717, 1.165) is 0 Å². The van der Waals surface area contributed by atoms with E-state index in [0.29, 0.717) is 6.54 Å². The number of aliphatic hydroxyl groups is 1. The maximum absolute atomic E-state index is 8.28. The van der Waals surface area contributed by atoms with Crippen LogP contribution >= 0.6 is 0 Å². The van der Waals surface area contributed by atoms with Gasteiger partial charge in [-0.3, -0.25) is 0 Å². The number of hydrogen-bond acceptors (Lipinski definition) is 2. The Morgan fingerprint density at radius 3 is 2.57 bits per heavy atom. The van der Waals surface area contributed by atoms with Crippen molar-refractivity contribution in [2.24, 2.45) is 0 Å². The van der Waals surface area contributed by atoms with Crippen molar-refractivity contribution in [2.75, 3.05) is 20.2 Å². The smallest absolute Gasteiger partial charge is 0.0606 e. The van der Waals surface area contributed by atoms with E-state index in [9.17, 15) is 0 Å². The summed E-state index contributed by atoms with van der Waals surface area (Å²) in [6, 6.07) is 0. The molecule has 1 N–H and O–H groups in total. The van der Waals surface area contributed by atoms with E-state index in [2.05, 4.69) is 6.58 Å². The molecular formula is C5H11NO. The first-order valence-electron chi connectivity index (χ1n) is 2.25. The van der Waals surface area contributed by atoms with Gasteiger partial charge in [-0.2, -0.15) is 0 Å². The first kappa shape index (κ1) is 6.50. The van der Waals surface area contributed by atoms with Crippen LogP contribution in [0.2, 0.25) is 0 Å². The molecule has 0 radical (unpaired) electrons. The third-order valence-electron chi connectivity index (χ3n) is 0.764. The number of nitrogens with zero attached hydrogens (tertiary/aromatic N) is 1. The highest BCUT2D eigenvalue weighted by Crippen LogP contribution is 1.76. The Bertz CT molecular complexity index is 54.0. The first-order valence-corrected chi connectivity index (χ1v) is 2.25. The molecule has 0 aromatic carbocycles. The van der Waals surface area contributed by atoms with Crippen LogP contribution in [0.5, 0.6) is 0 Å². The van der Waals surface area contributed by atoms with Crippen LogP contribution < -0.4 is 0 Å². The molecule has 0 aromatic rings. The second-order valence-corrected chi connectivity index (χ2v) is 1.39. The van der Waals surface area contributed by atoms with Crippen LogP contribution in [-0.4, -0.2) is 30.2 Å². The molecule has 0 rings (SSSR count). The molecule has 0 saturated heterocycles. The molecule has 0 heterocycles. The monoisotopic (exact) mass is 101 g/mol. The molecule has 7 heavy (non-hydrogen) atoms. The lowest BCUT2D eigenvalue weighted by molar-refractivity contribution is 0.254. The number of likely N-dealkylation sites (N-methyl/N-ethyl adjacent to an activating group) is 1. The SMILES string of the molecule is C=CN(C)CCO. The van der Waals surface area contributed by atoms with Crippen molar-refractivity contribution in [3.05, 3.63) is 12.8 Å². The summed E-state index contributed by atoms with van der Waals surface area (Å²) in [6.45, 7) is 4.36. The summed E-state index contributed by atoms with van der Waals surface area (Å²) >= 11 is 0. The third kappa shape index (κ3) is 3.33. The van der Waals surface area contributed by atoms with Gasteiger partial charge >= 0.3 is 0 Å². The van der Waals surface area contributed by atoms with Crippen LogP contribution in [0, 0.1) is 0 Å². The molecule has 42 valence electrons. The van der Waals surface area contributed by atoms with Crippen molar-refractivity contribution in [1.82, 2.24) is 4.90 Å². The molecule has 0 bridgehead atoms. The lowest BCUT2D eigenvalue weighted by Crippen LogP contribution is -2.14. The topological polar surface area (TPSA) is 23.5 Å². The molecule has 0 spiro atoms.